The highest BCUT2D eigenvalue weighted by Crippen LogP contribution is 2.41. The standard InChI is InChI=1S/C8H9Br3S/c1-4(2)7(10)5-3-6(9)12-8(5)11/h3-4,7H,1-2H3. The first-order chi connectivity index (χ1) is 5.52. The fraction of sp³-hybridized carbons (Fsp3) is 0.500. The molecule has 1 heterocycles. The van der Waals surface area contributed by atoms with Crippen molar-refractivity contribution in [3.05, 3.63) is 19.2 Å². The Labute approximate surface area is 102 Å². The number of halogens is 3. The topological polar surface area (TPSA) is 0 Å². The zero-order valence-corrected chi connectivity index (χ0v) is 12.3. The van der Waals surface area contributed by atoms with Crippen LogP contribution in [0.15, 0.2) is 13.6 Å². The van der Waals surface area contributed by atoms with E-state index in [1.165, 1.54) is 13.1 Å². The normalized spacial score (nSPS) is 13.8. The summed E-state index contributed by atoms with van der Waals surface area (Å²) in [4.78, 5) is 0.439. The number of rotatable bonds is 2. The minimum atomic E-state index is 0.439. The fourth-order valence-electron chi connectivity index (χ4n) is 0.900. The van der Waals surface area contributed by atoms with Crippen LogP contribution in [0, 0.1) is 5.92 Å². The molecule has 12 heavy (non-hydrogen) atoms. The molecule has 1 aromatic rings. The molecule has 0 spiro atoms. The molecule has 0 amide bonds. The maximum atomic E-state index is 3.67. The Kier molecular flexibility index (Phi) is 4.28. The van der Waals surface area contributed by atoms with Gasteiger partial charge in [0.15, 0.2) is 0 Å². The molecule has 0 radical (unpaired) electrons. The van der Waals surface area contributed by atoms with E-state index in [-0.39, 0.29) is 0 Å². The number of thiophene rings is 1. The summed E-state index contributed by atoms with van der Waals surface area (Å²) in [5.41, 5.74) is 1.34. The molecule has 0 aliphatic heterocycles. The monoisotopic (exact) mass is 374 g/mol. The van der Waals surface area contributed by atoms with E-state index in [1.54, 1.807) is 11.3 Å². The summed E-state index contributed by atoms with van der Waals surface area (Å²) >= 11 is 12.4. The van der Waals surface area contributed by atoms with Crippen LogP contribution < -0.4 is 0 Å². The van der Waals surface area contributed by atoms with Gasteiger partial charge in [-0.2, -0.15) is 0 Å². The van der Waals surface area contributed by atoms with Gasteiger partial charge in [-0.1, -0.05) is 29.8 Å². The number of alkyl halides is 1. The van der Waals surface area contributed by atoms with E-state index < -0.39 is 0 Å². The molecule has 0 aliphatic rings. The van der Waals surface area contributed by atoms with Gasteiger partial charge < -0.3 is 0 Å². The third kappa shape index (κ3) is 2.56. The van der Waals surface area contributed by atoms with Crippen LogP contribution in [0.1, 0.15) is 24.2 Å². The molecule has 0 fully saturated rings. The molecule has 0 aromatic carbocycles. The summed E-state index contributed by atoms with van der Waals surface area (Å²) in [5.74, 6) is 0.614. The smallest absolute Gasteiger partial charge is 0.0753 e. The van der Waals surface area contributed by atoms with E-state index >= 15 is 0 Å². The molecule has 0 N–H and O–H groups in total. The summed E-state index contributed by atoms with van der Waals surface area (Å²) in [7, 11) is 0. The van der Waals surface area contributed by atoms with Crippen LogP contribution in [0.25, 0.3) is 0 Å². The molecule has 1 unspecified atom stereocenters. The van der Waals surface area contributed by atoms with E-state index in [0.29, 0.717) is 10.7 Å². The van der Waals surface area contributed by atoms with E-state index in [2.05, 4.69) is 67.7 Å². The van der Waals surface area contributed by atoms with E-state index in [0.717, 1.165) is 0 Å². The van der Waals surface area contributed by atoms with E-state index in [4.69, 9.17) is 0 Å². The number of hydrogen-bond donors (Lipinski definition) is 0. The van der Waals surface area contributed by atoms with E-state index in [9.17, 15) is 0 Å². The van der Waals surface area contributed by atoms with Gasteiger partial charge in [0, 0.05) is 4.83 Å². The molecular formula is C8H9Br3S. The summed E-state index contributed by atoms with van der Waals surface area (Å²) in [6.07, 6.45) is 0. The van der Waals surface area contributed by atoms with Gasteiger partial charge in [-0.05, 0) is 49.4 Å². The SMILES string of the molecule is CC(C)C(Br)c1cc(Br)sc1Br. The average molecular weight is 377 g/mol. The molecule has 0 saturated carbocycles. The molecule has 0 nitrogen and oxygen atoms in total. The van der Waals surface area contributed by atoms with Crippen molar-refractivity contribution < 1.29 is 0 Å². The van der Waals surface area contributed by atoms with Gasteiger partial charge in [0.2, 0.25) is 0 Å². The lowest BCUT2D eigenvalue weighted by atomic mass is 10.1. The maximum Gasteiger partial charge on any atom is 0.0753 e. The average Bonchev–Trinajstić information content (AvgIpc) is 2.28. The lowest BCUT2D eigenvalue weighted by Gasteiger charge is -2.12. The first kappa shape index (κ1) is 11.2. The Morgan fingerprint density at radius 1 is 1.33 bits per heavy atom. The highest BCUT2D eigenvalue weighted by atomic mass is 79.9. The third-order valence-electron chi connectivity index (χ3n) is 1.57. The lowest BCUT2D eigenvalue weighted by molar-refractivity contribution is 0.641. The van der Waals surface area contributed by atoms with Crippen LogP contribution >= 0.6 is 59.1 Å². The zero-order chi connectivity index (χ0) is 9.30. The van der Waals surface area contributed by atoms with Crippen molar-refractivity contribution in [1.82, 2.24) is 0 Å². The van der Waals surface area contributed by atoms with Crippen molar-refractivity contribution in [2.75, 3.05) is 0 Å². The zero-order valence-electron chi connectivity index (χ0n) is 6.77. The predicted octanol–water partition coefficient (Wildman–Crippen LogP) is 5.37. The first-order valence-corrected chi connectivity index (χ1v) is 6.93. The fourth-order valence-corrected chi connectivity index (χ4v) is 4.65. The molecular weight excluding hydrogens is 368 g/mol. The van der Waals surface area contributed by atoms with Crippen molar-refractivity contribution in [2.24, 2.45) is 5.92 Å². The third-order valence-corrected chi connectivity index (χ3v) is 5.50. The minimum Gasteiger partial charge on any atom is -0.121 e. The second-order valence-corrected chi connectivity index (χ2v) is 7.66. The Morgan fingerprint density at radius 3 is 2.25 bits per heavy atom. The molecule has 0 aliphatic carbocycles. The minimum absolute atomic E-state index is 0.439. The van der Waals surface area contributed by atoms with Crippen molar-refractivity contribution in [3.8, 4) is 0 Å². The van der Waals surface area contributed by atoms with E-state index in [1.807, 2.05) is 0 Å². The summed E-state index contributed by atoms with van der Waals surface area (Å²) in [6, 6.07) is 2.16. The van der Waals surface area contributed by atoms with Crippen molar-refractivity contribution >= 4 is 59.1 Å². The van der Waals surface area contributed by atoms with Gasteiger partial charge in [0.25, 0.3) is 0 Å². The summed E-state index contributed by atoms with van der Waals surface area (Å²) < 4.78 is 2.39. The van der Waals surface area contributed by atoms with Gasteiger partial charge in [0.1, 0.15) is 0 Å². The molecule has 0 bridgehead atoms. The van der Waals surface area contributed by atoms with Gasteiger partial charge in [-0.3, -0.25) is 0 Å². The quantitative estimate of drug-likeness (QED) is 0.609. The molecule has 1 rings (SSSR count). The maximum absolute atomic E-state index is 3.67. The molecule has 4 heteroatoms. The molecule has 68 valence electrons. The van der Waals surface area contributed by atoms with Crippen LogP contribution in [0.4, 0.5) is 0 Å². The largest absolute Gasteiger partial charge is 0.121 e. The van der Waals surface area contributed by atoms with Crippen LogP contribution in [-0.4, -0.2) is 0 Å². The summed E-state index contributed by atoms with van der Waals surface area (Å²) in [5, 5.41) is 0. The highest BCUT2D eigenvalue weighted by molar-refractivity contribution is 9.12. The lowest BCUT2D eigenvalue weighted by Crippen LogP contribution is -1.97. The van der Waals surface area contributed by atoms with Gasteiger partial charge in [-0.15, -0.1) is 11.3 Å². The predicted molar refractivity (Wildman–Crippen MR) is 66.2 cm³/mol. The van der Waals surface area contributed by atoms with Crippen molar-refractivity contribution in [3.63, 3.8) is 0 Å². The molecule has 1 atom stereocenters. The second-order valence-electron chi connectivity index (χ2n) is 2.93. The summed E-state index contributed by atoms with van der Waals surface area (Å²) in [6.45, 7) is 4.41. The van der Waals surface area contributed by atoms with Crippen LogP contribution in [0.3, 0.4) is 0 Å². The molecule has 1 aromatic heterocycles. The first-order valence-electron chi connectivity index (χ1n) is 3.61. The van der Waals surface area contributed by atoms with Gasteiger partial charge in [0.05, 0.1) is 7.57 Å². The Hall–Kier alpha value is 1.14. The molecule has 0 saturated heterocycles. The van der Waals surface area contributed by atoms with Gasteiger partial charge >= 0.3 is 0 Å². The van der Waals surface area contributed by atoms with Gasteiger partial charge in [-0.25, -0.2) is 0 Å². The number of hydrogen-bond acceptors (Lipinski definition) is 1. The Bertz CT molecular complexity index is 267. The second kappa shape index (κ2) is 4.58. The van der Waals surface area contributed by atoms with Crippen molar-refractivity contribution in [2.45, 2.75) is 18.7 Å². The highest BCUT2D eigenvalue weighted by Gasteiger charge is 2.16. The Morgan fingerprint density at radius 2 is 1.92 bits per heavy atom. The van der Waals surface area contributed by atoms with Crippen LogP contribution in [0.5, 0.6) is 0 Å². The van der Waals surface area contributed by atoms with Crippen LogP contribution in [-0.2, 0) is 0 Å². The van der Waals surface area contributed by atoms with Crippen LogP contribution in [0.2, 0.25) is 0 Å². The van der Waals surface area contributed by atoms with Crippen molar-refractivity contribution in [1.29, 1.82) is 0 Å². The Balaban J connectivity index is 2.94.